The molecule has 1 saturated heterocycles. The Bertz CT molecular complexity index is 919. The first-order valence-electron chi connectivity index (χ1n) is 10.3. The quantitative estimate of drug-likeness (QED) is 0.595. The predicted molar refractivity (Wildman–Crippen MR) is 120 cm³/mol. The van der Waals surface area contributed by atoms with Crippen LogP contribution in [0.3, 0.4) is 0 Å². The molecule has 30 heavy (non-hydrogen) atoms. The highest BCUT2D eigenvalue weighted by atomic mass is 32.1. The maximum Gasteiger partial charge on any atom is 0.259 e. The van der Waals surface area contributed by atoms with Crippen LogP contribution in [0.1, 0.15) is 47.2 Å². The molecule has 156 valence electrons. The number of hydrogen-bond donors (Lipinski definition) is 2. The number of carbonyl (C=O) groups is 1. The molecule has 0 atom stereocenters. The number of amides is 1. The molecule has 3 heterocycles. The third kappa shape index (κ3) is 5.84. The van der Waals surface area contributed by atoms with Gasteiger partial charge >= 0.3 is 0 Å². The van der Waals surface area contributed by atoms with Crippen molar-refractivity contribution in [3.8, 4) is 0 Å². The Morgan fingerprint density at radius 2 is 1.77 bits per heavy atom. The number of nitrogens with zero attached hydrogens (tertiary/aromatic N) is 4. The second-order valence-electron chi connectivity index (χ2n) is 7.49. The second kappa shape index (κ2) is 10.3. The molecule has 1 amide bonds. The molecule has 1 fully saturated rings. The van der Waals surface area contributed by atoms with Crippen molar-refractivity contribution in [3.63, 3.8) is 0 Å². The third-order valence-corrected chi connectivity index (χ3v) is 5.81. The Hall–Kier alpha value is -2.84. The fourth-order valence-corrected chi connectivity index (χ4v) is 3.98. The molecule has 2 aromatic heterocycles. The third-order valence-electron chi connectivity index (χ3n) is 5.21. The van der Waals surface area contributed by atoms with Gasteiger partial charge in [0.05, 0.1) is 5.56 Å². The number of carbonyl (C=O) groups excluding carboxylic acids is 1. The Kier molecular flexibility index (Phi) is 6.99. The van der Waals surface area contributed by atoms with Crippen LogP contribution in [0.25, 0.3) is 0 Å². The smallest absolute Gasteiger partial charge is 0.259 e. The van der Waals surface area contributed by atoms with E-state index in [2.05, 4.69) is 55.0 Å². The van der Waals surface area contributed by atoms with Gasteiger partial charge in [0.25, 0.3) is 5.91 Å². The molecule has 1 aromatic carbocycles. The number of likely N-dealkylation sites (tertiary alicyclic amines) is 1. The zero-order chi connectivity index (χ0) is 20.6. The van der Waals surface area contributed by atoms with Gasteiger partial charge in [-0.15, -0.1) is 10.2 Å². The van der Waals surface area contributed by atoms with Gasteiger partial charge in [-0.05, 0) is 49.2 Å². The molecular weight excluding hydrogens is 396 g/mol. The Labute approximate surface area is 180 Å². The van der Waals surface area contributed by atoms with Crippen LogP contribution in [0.2, 0.25) is 0 Å². The van der Waals surface area contributed by atoms with Gasteiger partial charge in [0.1, 0.15) is 11.3 Å². The molecule has 8 heteroatoms. The topological polar surface area (TPSA) is 83.0 Å². The summed E-state index contributed by atoms with van der Waals surface area (Å²) in [4.78, 5) is 19.1. The Balaban J connectivity index is 1.26. The van der Waals surface area contributed by atoms with Gasteiger partial charge in [-0.3, -0.25) is 15.0 Å². The number of aromatic nitrogens is 3. The lowest BCUT2D eigenvalue weighted by Gasteiger charge is -2.19. The average molecular weight is 423 g/mol. The van der Waals surface area contributed by atoms with E-state index in [9.17, 15) is 4.79 Å². The van der Waals surface area contributed by atoms with Gasteiger partial charge in [0.2, 0.25) is 5.13 Å². The summed E-state index contributed by atoms with van der Waals surface area (Å²) in [6, 6.07) is 12.3. The van der Waals surface area contributed by atoms with Crippen molar-refractivity contribution in [2.75, 3.05) is 23.7 Å². The predicted octanol–water partition coefficient (Wildman–Crippen LogP) is 4.17. The number of rotatable bonds is 7. The van der Waals surface area contributed by atoms with E-state index in [-0.39, 0.29) is 5.91 Å². The largest absolute Gasteiger partial charge is 0.366 e. The van der Waals surface area contributed by atoms with Crippen LogP contribution < -0.4 is 10.6 Å². The number of hydrogen-bond acceptors (Lipinski definition) is 7. The minimum Gasteiger partial charge on any atom is -0.366 e. The first-order valence-corrected chi connectivity index (χ1v) is 11.2. The van der Waals surface area contributed by atoms with Crippen molar-refractivity contribution in [3.05, 3.63) is 64.8 Å². The van der Waals surface area contributed by atoms with E-state index in [0.717, 1.165) is 12.4 Å². The number of nitrogens with one attached hydrogen (secondary N) is 2. The fourth-order valence-electron chi connectivity index (χ4n) is 3.54. The highest BCUT2D eigenvalue weighted by molar-refractivity contribution is 7.13. The van der Waals surface area contributed by atoms with Crippen LogP contribution in [0.4, 0.5) is 10.9 Å². The van der Waals surface area contributed by atoms with E-state index < -0.39 is 0 Å². The molecule has 0 bridgehead atoms. The highest BCUT2D eigenvalue weighted by Crippen LogP contribution is 2.15. The first-order chi connectivity index (χ1) is 14.8. The zero-order valence-corrected chi connectivity index (χ0v) is 17.7. The van der Waals surface area contributed by atoms with Crippen molar-refractivity contribution in [1.82, 2.24) is 20.1 Å². The summed E-state index contributed by atoms with van der Waals surface area (Å²) < 4.78 is 0. The summed E-state index contributed by atoms with van der Waals surface area (Å²) in [5, 5.41) is 14.0. The fraction of sp³-hybridized carbons (Fsp3) is 0.364. The number of pyridine rings is 1. The van der Waals surface area contributed by atoms with Crippen molar-refractivity contribution >= 4 is 28.2 Å². The van der Waals surface area contributed by atoms with Gasteiger partial charge < -0.3 is 5.32 Å². The van der Waals surface area contributed by atoms with Crippen molar-refractivity contribution < 1.29 is 4.79 Å². The van der Waals surface area contributed by atoms with E-state index in [1.165, 1.54) is 61.2 Å². The maximum atomic E-state index is 12.2. The normalized spacial score (nSPS) is 14.8. The molecule has 2 N–H and O–H groups in total. The highest BCUT2D eigenvalue weighted by Gasteiger charge is 2.10. The molecule has 0 spiro atoms. The van der Waals surface area contributed by atoms with Crippen LogP contribution in [0.5, 0.6) is 0 Å². The molecule has 0 saturated carbocycles. The Morgan fingerprint density at radius 1 is 1.00 bits per heavy atom. The van der Waals surface area contributed by atoms with Crippen molar-refractivity contribution in [1.29, 1.82) is 0 Å². The van der Waals surface area contributed by atoms with E-state index >= 15 is 0 Å². The molecule has 0 aliphatic carbocycles. The molecule has 4 rings (SSSR count). The van der Waals surface area contributed by atoms with E-state index in [4.69, 9.17) is 0 Å². The standard InChI is InChI=1S/C22H26N6OS/c29-21(26-22-27-25-16-30-22)19-9-10-20(24-14-19)23-13-17-5-7-18(8-6-17)15-28-11-3-1-2-4-12-28/h5-10,14,16H,1-4,11-13,15H2,(H,23,24)(H,26,27,29). The second-order valence-corrected chi connectivity index (χ2v) is 8.32. The number of anilines is 2. The van der Waals surface area contributed by atoms with Crippen molar-refractivity contribution in [2.24, 2.45) is 0 Å². The molecule has 1 aliphatic rings. The summed E-state index contributed by atoms with van der Waals surface area (Å²) >= 11 is 1.28. The molecule has 0 radical (unpaired) electrons. The monoisotopic (exact) mass is 422 g/mol. The lowest BCUT2D eigenvalue weighted by Crippen LogP contribution is -2.23. The minimum absolute atomic E-state index is 0.245. The van der Waals surface area contributed by atoms with Crippen LogP contribution in [0, 0.1) is 0 Å². The molecule has 0 unspecified atom stereocenters. The summed E-state index contributed by atoms with van der Waals surface area (Å²) in [5.41, 5.74) is 4.62. The van der Waals surface area contributed by atoms with E-state index in [0.29, 0.717) is 17.2 Å². The Morgan fingerprint density at radius 3 is 2.43 bits per heavy atom. The van der Waals surface area contributed by atoms with Crippen molar-refractivity contribution in [2.45, 2.75) is 38.8 Å². The minimum atomic E-state index is -0.245. The molecule has 1 aliphatic heterocycles. The molecule has 3 aromatic rings. The van der Waals surface area contributed by atoms with Crippen LogP contribution in [-0.2, 0) is 13.1 Å². The van der Waals surface area contributed by atoms with E-state index in [1.807, 2.05) is 6.07 Å². The van der Waals surface area contributed by atoms with Gasteiger partial charge in [0, 0.05) is 19.3 Å². The molecule has 7 nitrogen and oxygen atoms in total. The van der Waals surface area contributed by atoms with E-state index in [1.54, 1.807) is 17.8 Å². The molecular formula is C22H26N6OS. The lowest BCUT2D eigenvalue weighted by molar-refractivity contribution is 0.102. The maximum absolute atomic E-state index is 12.2. The van der Waals surface area contributed by atoms with Crippen LogP contribution >= 0.6 is 11.3 Å². The summed E-state index contributed by atoms with van der Waals surface area (Å²) in [7, 11) is 0. The zero-order valence-electron chi connectivity index (χ0n) is 16.9. The van der Waals surface area contributed by atoms with Gasteiger partial charge in [-0.25, -0.2) is 4.98 Å². The van der Waals surface area contributed by atoms with Gasteiger partial charge in [0.15, 0.2) is 0 Å². The van der Waals surface area contributed by atoms with Crippen LogP contribution in [0.15, 0.2) is 48.1 Å². The lowest BCUT2D eigenvalue weighted by atomic mass is 10.1. The van der Waals surface area contributed by atoms with Gasteiger partial charge in [-0.2, -0.15) is 0 Å². The summed E-state index contributed by atoms with van der Waals surface area (Å²) in [6.45, 7) is 4.15. The number of benzene rings is 1. The SMILES string of the molecule is O=C(Nc1nncs1)c1ccc(NCc2ccc(CN3CCCCCC3)cc2)nc1. The summed E-state index contributed by atoms with van der Waals surface area (Å²) in [5.74, 6) is 0.488. The average Bonchev–Trinajstić information content (AvgIpc) is 3.15. The first kappa shape index (κ1) is 20.4. The van der Waals surface area contributed by atoms with Gasteiger partial charge in [-0.1, -0.05) is 48.4 Å². The van der Waals surface area contributed by atoms with Crippen LogP contribution in [-0.4, -0.2) is 39.1 Å². The summed E-state index contributed by atoms with van der Waals surface area (Å²) in [6.07, 6.45) is 6.92.